The Kier molecular flexibility index (Phi) is 6.33. The summed E-state index contributed by atoms with van der Waals surface area (Å²) in [5.41, 5.74) is 0.299. The molecule has 2 atom stereocenters. The van der Waals surface area contributed by atoms with Gasteiger partial charge in [0.2, 0.25) is 0 Å². The van der Waals surface area contributed by atoms with Crippen LogP contribution in [0.4, 0.5) is 0 Å². The molecule has 0 aliphatic carbocycles. The number of aliphatic hydroxyl groups excluding tert-OH is 1. The second-order valence-corrected chi connectivity index (χ2v) is 5.08. The lowest BCUT2D eigenvalue weighted by Crippen LogP contribution is -2.35. The van der Waals surface area contributed by atoms with Gasteiger partial charge in [-0.3, -0.25) is 0 Å². The number of rotatable bonds is 6. The molecule has 0 spiro atoms. The van der Waals surface area contributed by atoms with E-state index in [4.69, 9.17) is 9.84 Å². The van der Waals surface area contributed by atoms with Crippen molar-refractivity contribution >= 4 is 0 Å². The Morgan fingerprint density at radius 3 is 2.29 bits per heavy atom. The van der Waals surface area contributed by atoms with Crippen LogP contribution in [-0.4, -0.2) is 37.5 Å². The summed E-state index contributed by atoms with van der Waals surface area (Å²) in [6.45, 7) is 9.38. The summed E-state index contributed by atoms with van der Waals surface area (Å²) in [5, 5.41) is 11.9. The molecule has 86 valence electrons. The first-order valence-electron chi connectivity index (χ1n) is 5.28. The Morgan fingerprint density at radius 2 is 1.93 bits per heavy atom. The summed E-state index contributed by atoms with van der Waals surface area (Å²) >= 11 is 0. The Bertz CT molecular complexity index is 139. The Morgan fingerprint density at radius 1 is 1.36 bits per heavy atom. The minimum atomic E-state index is 0.0532. The first kappa shape index (κ1) is 13.9. The van der Waals surface area contributed by atoms with E-state index in [2.05, 4.69) is 33.0 Å². The molecular formula is C11H25NO2. The summed E-state index contributed by atoms with van der Waals surface area (Å²) in [7, 11) is 1.83. The molecule has 0 amide bonds. The maximum absolute atomic E-state index is 8.93. The van der Waals surface area contributed by atoms with Crippen molar-refractivity contribution in [3.63, 3.8) is 0 Å². The van der Waals surface area contributed by atoms with Gasteiger partial charge in [-0.25, -0.2) is 0 Å². The van der Waals surface area contributed by atoms with E-state index in [0.717, 1.165) is 6.42 Å². The Balaban J connectivity index is 3.67. The second kappa shape index (κ2) is 6.38. The number of nitrogens with one attached hydrogen (secondary N) is 1. The van der Waals surface area contributed by atoms with Crippen LogP contribution in [0.3, 0.4) is 0 Å². The topological polar surface area (TPSA) is 41.5 Å². The summed E-state index contributed by atoms with van der Waals surface area (Å²) in [4.78, 5) is 0. The fourth-order valence-corrected chi connectivity index (χ4v) is 1.43. The molecule has 14 heavy (non-hydrogen) atoms. The van der Waals surface area contributed by atoms with Crippen molar-refractivity contribution < 1.29 is 9.84 Å². The average Bonchev–Trinajstić information content (AvgIpc) is 2.03. The molecule has 0 saturated heterocycles. The highest BCUT2D eigenvalue weighted by Crippen LogP contribution is 2.21. The van der Waals surface area contributed by atoms with Gasteiger partial charge in [0.05, 0.1) is 25.4 Å². The van der Waals surface area contributed by atoms with Gasteiger partial charge in [0.1, 0.15) is 0 Å². The van der Waals surface area contributed by atoms with E-state index in [1.807, 2.05) is 7.05 Å². The quantitative estimate of drug-likeness (QED) is 0.686. The molecule has 1 unspecified atom stereocenters. The van der Waals surface area contributed by atoms with Crippen LogP contribution in [-0.2, 0) is 4.74 Å². The van der Waals surface area contributed by atoms with Gasteiger partial charge in [0, 0.05) is 0 Å². The highest BCUT2D eigenvalue weighted by molar-refractivity contribution is 4.68. The first-order chi connectivity index (χ1) is 6.39. The molecule has 0 bridgehead atoms. The maximum atomic E-state index is 8.93. The summed E-state index contributed by atoms with van der Waals surface area (Å²) in [6.07, 6.45) is 1.28. The number of hydrogen-bond acceptors (Lipinski definition) is 3. The van der Waals surface area contributed by atoms with Crippen molar-refractivity contribution in [2.24, 2.45) is 5.41 Å². The van der Waals surface area contributed by atoms with Gasteiger partial charge in [0.25, 0.3) is 0 Å². The zero-order chi connectivity index (χ0) is 11.2. The highest BCUT2D eigenvalue weighted by Gasteiger charge is 2.16. The maximum Gasteiger partial charge on any atom is 0.0645 e. The van der Waals surface area contributed by atoms with Crippen LogP contribution in [0.15, 0.2) is 0 Å². The van der Waals surface area contributed by atoms with E-state index in [-0.39, 0.29) is 18.8 Å². The molecule has 3 nitrogen and oxygen atoms in total. The van der Waals surface area contributed by atoms with Gasteiger partial charge in [0.15, 0.2) is 0 Å². The molecule has 0 heterocycles. The molecule has 0 aliphatic heterocycles. The number of ether oxygens (including phenoxy) is 1. The Hall–Kier alpha value is -0.120. The van der Waals surface area contributed by atoms with Crippen LogP contribution in [0.5, 0.6) is 0 Å². The molecule has 3 heteroatoms. The predicted molar refractivity (Wildman–Crippen MR) is 59.4 cm³/mol. The fourth-order valence-electron chi connectivity index (χ4n) is 1.43. The zero-order valence-electron chi connectivity index (χ0n) is 10.1. The Labute approximate surface area is 87.8 Å². The third-order valence-corrected chi connectivity index (χ3v) is 2.11. The molecule has 0 rings (SSSR count). The van der Waals surface area contributed by atoms with Crippen LogP contribution in [0, 0.1) is 5.41 Å². The summed E-state index contributed by atoms with van der Waals surface area (Å²) in [5.74, 6) is 0. The van der Waals surface area contributed by atoms with Gasteiger partial charge >= 0.3 is 0 Å². The van der Waals surface area contributed by atoms with E-state index in [9.17, 15) is 0 Å². The van der Waals surface area contributed by atoms with Gasteiger partial charge in [-0.2, -0.15) is 0 Å². The van der Waals surface area contributed by atoms with E-state index < -0.39 is 0 Å². The molecule has 0 aromatic rings. The molecule has 0 radical (unpaired) electrons. The largest absolute Gasteiger partial charge is 0.395 e. The van der Waals surface area contributed by atoms with E-state index in [1.54, 1.807) is 0 Å². The van der Waals surface area contributed by atoms with Crippen molar-refractivity contribution in [3.8, 4) is 0 Å². The smallest absolute Gasteiger partial charge is 0.0645 e. The van der Waals surface area contributed by atoms with Crippen molar-refractivity contribution in [1.29, 1.82) is 0 Å². The standard InChI is InChI=1S/C11H25NO2/c1-9(6-11(2,3)4)14-8-10(7-13)12-5/h9-10,12-13H,6-8H2,1-5H3/t9-,10?/m1/s1. The first-order valence-corrected chi connectivity index (χ1v) is 5.28. The van der Waals surface area contributed by atoms with Crippen molar-refractivity contribution in [1.82, 2.24) is 5.32 Å². The lowest BCUT2D eigenvalue weighted by Gasteiger charge is -2.24. The van der Waals surface area contributed by atoms with Gasteiger partial charge in [-0.1, -0.05) is 20.8 Å². The van der Waals surface area contributed by atoms with Crippen molar-refractivity contribution in [3.05, 3.63) is 0 Å². The van der Waals surface area contributed by atoms with Gasteiger partial charge in [-0.05, 0) is 25.8 Å². The molecular weight excluding hydrogens is 178 g/mol. The van der Waals surface area contributed by atoms with Gasteiger partial charge < -0.3 is 15.2 Å². The van der Waals surface area contributed by atoms with E-state index in [0.29, 0.717) is 12.0 Å². The number of hydrogen-bond donors (Lipinski definition) is 2. The molecule has 2 N–H and O–H groups in total. The lowest BCUT2D eigenvalue weighted by atomic mass is 9.90. The van der Waals surface area contributed by atoms with E-state index >= 15 is 0 Å². The van der Waals surface area contributed by atoms with Crippen LogP contribution in [0.25, 0.3) is 0 Å². The third-order valence-electron chi connectivity index (χ3n) is 2.11. The minimum absolute atomic E-state index is 0.0532. The second-order valence-electron chi connectivity index (χ2n) is 5.08. The monoisotopic (exact) mass is 203 g/mol. The van der Waals surface area contributed by atoms with Crippen molar-refractivity contribution in [2.45, 2.75) is 46.3 Å². The van der Waals surface area contributed by atoms with Crippen LogP contribution in [0.1, 0.15) is 34.1 Å². The third kappa shape index (κ3) is 7.30. The van der Waals surface area contributed by atoms with Crippen molar-refractivity contribution in [2.75, 3.05) is 20.3 Å². The molecule has 0 aromatic carbocycles. The van der Waals surface area contributed by atoms with Crippen LogP contribution >= 0.6 is 0 Å². The SMILES string of the molecule is CNC(CO)CO[C@H](C)CC(C)(C)C. The fraction of sp³-hybridized carbons (Fsp3) is 1.00. The minimum Gasteiger partial charge on any atom is -0.395 e. The summed E-state index contributed by atoms with van der Waals surface area (Å²) in [6, 6.07) is 0.0532. The normalized spacial score (nSPS) is 16.7. The average molecular weight is 203 g/mol. The molecule has 0 fully saturated rings. The predicted octanol–water partition coefficient (Wildman–Crippen LogP) is 1.41. The van der Waals surface area contributed by atoms with E-state index in [1.165, 1.54) is 0 Å². The van der Waals surface area contributed by atoms with Crippen LogP contribution < -0.4 is 5.32 Å². The highest BCUT2D eigenvalue weighted by atomic mass is 16.5. The number of likely N-dealkylation sites (N-methyl/N-ethyl adjacent to an activating group) is 1. The van der Waals surface area contributed by atoms with Crippen LogP contribution in [0.2, 0.25) is 0 Å². The zero-order valence-corrected chi connectivity index (χ0v) is 10.1. The summed E-state index contributed by atoms with van der Waals surface area (Å²) < 4.78 is 5.64. The molecule has 0 aromatic heterocycles. The lowest BCUT2D eigenvalue weighted by molar-refractivity contribution is 0.0174. The number of aliphatic hydroxyl groups is 1. The van der Waals surface area contributed by atoms with Gasteiger partial charge in [-0.15, -0.1) is 0 Å². The molecule has 0 saturated carbocycles. The molecule has 0 aliphatic rings.